The van der Waals surface area contributed by atoms with E-state index in [4.69, 9.17) is 0 Å². The van der Waals surface area contributed by atoms with Gasteiger partial charge in [-0.15, -0.1) is 0 Å². The van der Waals surface area contributed by atoms with Crippen LogP contribution < -0.4 is 10.9 Å². The van der Waals surface area contributed by atoms with Crippen LogP contribution in [-0.2, 0) is 13.0 Å². The van der Waals surface area contributed by atoms with Crippen molar-refractivity contribution in [1.29, 1.82) is 0 Å². The van der Waals surface area contributed by atoms with E-state index in [0.717, 1.165) is 18.5 Å². The lowest BCUT2D eigenvalue weighted by Gasteiger charge is -2.16. The average molecular weight is 254 g/mol. The Labute approximate surface area is 112 Å². The van der Waals surface area contributed by atoms with E-state index in [1.54, 1.807) is 10.6 Å². The number of pyridine rings is 1. The monoisotopic (exact) mass is 254 g/mol. The average Bonchev–Trinajstić information content (AvgIpc) is 2.84. The van der Waals surface area contributed by atoms with E-state index in [1.165, 1.54) is 11.1 Å². The highest BCUT2D eigenvalue weighted by molar-refractivity contribution is 5.46. The summed E-state index contributed by atoms with van der Waals surface area (Å²) in [6.07, 6.45) is 4.15. The maximum Gasteiger partial charge on any atom is 0.250 e. The summed E-state index contributed by atoms with van der Waals surface area (Å²) in [5.41, 5.74) is 3.89. The smallest absolute Gasteiger partial charge is 0.250 e. The molecule has 3 nitrogen and oxygen atoms in total. The van der Waals surface area contributed by atoms with Gasteiger partial charge in [-0.3, -0.25) is 4.79 Å². The van der Waals surface area contributed by atoms with Crippen LogP contribution in [0.3, 0.4) is 0 Å². The molecule has 0 radical (unpaired) electrons. The minimum atomic E-state index is 0.0554. The number of aromatic nitrogens is 1. The highest BCUT2D eigenvalue weighted by Gasteiger charge is 2.21. The molecular formula is C16H18N2O. The summed E-state index contributed by atoms with van der Waals surface area (Å²) in [4.78, 5) is 11.6. The lowest BCUT2D eigenvalue weighted by molar-refractivity contribution is 0.718. The molecule has 1 heterocycles. The lowest BCUT2D eigenvalue weighted by Crippen LogP contribution is -2.18. The number of fused-ring (bicyclic) bond motifs is 1. The molecule has 0 spiro atoms. The molecule has 98 valence electrons. The molecule has 1 atom stereocenters. The van der Waals surface area contributed by atoms with Crippen molar-refractivity contribution < 1.29 is 0 Å². The normalized spacial score (nSPS) is 17.2. The molecule has 0 saturated heterocycles. The van der Waals surface area contributed by atoms with Crippen LogP contribution >= 0.6 is 0 Å². The molecule has 3 heteroatoms. The quantitative estimate of drug-likeness (QED) is 0.913. The summed E-state index contributed by atoms with van der Waals surface area (Å²) in [5, 5.41) is 3.54. The van der Waals surface area contributed by atoms with Crippen LogP contribution in [0.4, 0.5) is 5.69 Å². The zero-order chi connectivity index (χ0) is 13.2. The number of hydrogen-bond donors (Lipinski definition) is 1. The highest BCUT2D eigenvalue weighted by atomic mass is 16.1. The molecule has 0 saturated carbocycles. The summed E-state index contributed by atoms with van der Waals surface area (Å²) in [5.74, 6) is 0. The zero-order valence-electron chi connectivity index (χ0n) is 11.1. The van der Waals surface area contributed by atoms with E-state index in [9.17, 15) is 4.79 Å². The van der Waals surface area contributed by atoms with Gasteiger partial charge in [0.1, 0.15) is 0 Å². The van der Waals surface area contributed by atoms with Crippen molar-refractivity contribution in [3.8, 4) is 0 Å². The van der Waals surface area contributed by atoms with Crippen LogP contribution in [-0.4, -0.2) is 4.57 Å². The van der Waals surface area contributed by atoms with Gasteiger partial charge in [0, 0.05) is 18.8 Å². The Morgan fingerprint density at radius 3 is 2.95 bits per heavy atom. The molecule has 1 unspecified atom stereocenters. The third kappa shape index (κ3) is 2.28. The van der Waals surface area contributed by atoms with Crippen molar-refractivity contribution in [2.45, 2.75) is 32.4 Å². The van der Waals surface area contributed by atoms with E-state index < -0.39 is 0 Å². The molecule has 1 aliphatic rings. The van der Waals surface area contributed by atoms with Crippen LogP contribution in [0.5, 0.6) is 0 Å². The number of aryl methyl sites for hydroxylation is 2. The predicted molar refractivity (Wildman–Crippen MR) is 77.5 cm³/mol. The SMILES string of the molecule is CCn1cc(NC2CCc3ccccc32)ccc1=O. The standard InChI is InChI=1S/C16H18N2O/c1-2-18-11-13(8-10-16(18)19)17-15-9-7-12-5-3-4-6-14(12)15/h3-6,8,10-11,15,17H,2,7,9H2,1H3. The maximum atomic E-state index is 11.6. The van der Waals surface area contributed by atoms with Crippen molar-refractivity contribution in [3.05, 3.63) is 64.1 Å². The van der Waals surface area contributed by atoms with Gasteiger partial charge < -0.3 is 9.88 Å². The Bertz CT molecular complexity index is 645. The second kappa shape index (κ2) is 4.92. The Balaban J connectivity index is 1.85. The number of rotatable bonds is 3. The van der Waals surface area contributed by atoms with Crippen molar-refractivity contribution in [3.63, 3.8) is 0 Å². The van der Waals surface area contributed by atoms with Crippen molar-refractivity contribution >= 4 is 5.69 Å². The Morgan fingerprint density at radius 2 is 2.11 bits per heavy atom. The Morgan fingerprint density at radius 1 is 1.26 bits per heavy atom. The van der Waals surface area contributed by atoms with E-state index in [1.807, 2.05) is 19.2 Å². The van der Waals surface area contributed by atoms with Crippen LogP contribution in [0, 0.1) is 0 Å². The topological polar surface area (TPSA) is 34.0 Å². The van der Waals surface area contributed by atoms with E-state index in [-0.39, 0.29) is 5.56 Å². The minimum Gasteiger partial charge on any atom is -0.377 e. The molecule has 0 fully saturated rings. The minimum absolute atomic E-state index is 0.0554. The molecule has 3 rings (SSSR count). The van der Waals surface area contributed by atoms with Gasteiger partial charge in [-0.2, -0.15) is 0 Å². The van der Waals surface area contributed by atoms with Crippen molar-refractivity contribution in [1.82, 2.24) is 4.57 Å². The number of anilines is 1. The van der Waals surface area contributed by atoms with Gasteiger partial charge in [-0.05, 0) is 37.0 Å². The lowest BCUT2D eigenvalue weighted by atomic mass is 10.1. The van der Waals surface area contributed by atoms with Crippen LogP contribution in [0.2, 0.25) is 0 Å². The third-order valence-corrected chi connectivity index (χ3v) is 3.80. The second-order valence-corrected chi connectivity index (χ2v) is 4.98. The highest BCUT2D eigenvalue weighted by Crippen LogP contribution is 2.33. The second-order valence-electron chi connectivity index (χ2n) is 4.98. The largest absolute Gasteiger partial charge is 0.377 e. The number of hydrogen-bond acceptors (Lipinski definition) is 2. The third-order valence-electron chi connectivity index (χ3n) is 3.80. The number of nitrogens with zero attached hydrogens (tertiary/aromatic N) is 1. The van der Waals surface area contributed by atoms with Gasteiger partial charge >= 0.3 is 0 Å². The number of nitrogens with one attached hydrogen (secondary N) is 1. The molecule has 0 amide bonds. The van der Waals surface area contributed by atoms with Gasteiger partial charge in [0.25, 0.3) is 5.56 Å². The van der Waals surface area contributed by atoms with Gasteiger partial charge in [-0.25, -0.2) is 0 Å². The van der Waals surface area contributed by atoms with Crippen molar-refractivity contribution in [2.75, 3.05) is 5.32 Å². The van der Waals surface area contributed by atoms with Crippen LogP contribution in [0.25, 0.3) is 0 Å². The first kappa shape index (κ1) is 12.0. The van der Waals surface area contributed by atoms with Gasteiger partial charge in [0.05, 0.1) is 11.7 Å². The molecule has 1 aliphatic carbocycles. The van der Waals surface area contributed by atoms with Crippen molar-refractivity contribution in [2.24, 2.45) is 0 Å². The summed E-state index contributed by atoms with van der Waals surface area (Å²) >= 11 is 0. The van der Waals surface area contributed by atoms with E-state index in [2.05, 4.69) is 29.6 Å². The molecule has 1 aromatic carbocycles. The van der Waals surface area contributed by atoms with Gasteiger partial charge in [0.15, 0.2) is 0 Å². The molecule has 1 N–H and O–H groups in total. The molecular weight excluding hydrogens is 236 g/mol. The first-order valence-electron chi connectivity index (χ1n) is 6.83. The van der Waals surface area contributed by atoms with E-state index >= 15 is 0 Å². The van der Waals surface area contributed by atoms with Crippen LogP contribution in [0.15, 0.2) is 47.4 Å². The Kier molecular flexibility index (Phi) is 3.11. The zero-order valence-corrected chi connectivity index (χ0v) is 11.1. The summed E-state index contributed by atoms with van der Waals surface area (Å²) in [6.45, 7) is 2.69. The van der Waals surface area contributed by atoms with Crippen LogP contribution in [0.1, 0.15) is 30.5 Å². The first-order chi connectivity index (χ1) is 9.28. The molecule has 0 bridgehead atoms. The Hall–Kier alpha value is -2.03. The molecule has 0 aliphatic heterocycles. The van der Waals surface area contributed by atoms with Gasteiger partial charge in [-0.1, -0.05) is 24.3 Å². The fraction of sp³-hybridized carbons (Fsp3) is 0.312. The van der Waals surface area contributed by atoms with Gasteiger partial charge in [0.2, 0.25) is 0 Å². The fourth-order valence-electron chi connectivity index (χ4n) is 2.77. The predicted octanol–water partition coefficient (Wildman–Crippen LogP) is 2.97. The summed E-state index contributed by atoms with van der Waals surface area (Å²) < 4.78 is 1.73. The summed E-state index contributed by atoms with van der Waals surface area (Å²) in [7, 11) is 0. The number of benzene rings is 1. The summed E-state index contributed by atoms with van der Waals surface area (Å²) in [6, 6.07) is 12.4. The fourth-order valence-corrected chi connectivity index (χ4v) is 2.77. The maximum absolute atomic E-state index is 11.6. The molecule has 2 aromatic rings. The first-order valence-corrected chi connectivity index (χ1v) is 6.83. The molecule has 1 aromatic heterocycles. The molecule has 19 heavy (non-hydrogen) atoms. The van der Waals surface area contributed by atoms with E-state index in [0.29, 0.717) is 12.6 Å².